The number of benzene rings is 2. The van der Waals surface area contributed by atoms with Gasteiger partial charge >= 0.3 is 171 Å². The number of carbonyl (C=O) groups is 3. The molecule has 0 fully saturated rings. The second-order valence-corrected chi connectivity index (χ2v) is 11.9. The minimum atomic E-state index is -1.10. The van der Waals surface area contributed by atoms with Crippen molar-refractivity contribution in [2.75, 3.05) is 6.61 Å². The van der Waals surface area contributed by atoms with E-state index in [0.717, 1.165) is 33.9 Å². The van der Waals surface area contributed by atoms with Crippen LogP contribution in [0.15, 0.2) is 48.5 Å². The summed E-state index contributed by atoms with van der Waals surface area (Å²) in [5.41, 5.74) is 3.97. The molecule has 1 aliphatic rings. The first-order valence-corrected chi connectivity index (χ1v) is 14.0. The molecule has 34 heavy (non-hydrogen) atoms. The van der Waals surface area contributed by atoms with Crippen molar-refractivity contribution in [2.24, 2.45) is 0 Å². The number of carboxylic acid groups (broad SMARTS) is 1. The molecule has 0 aliphatic heterocycles. The molecular weight excluding hydrogens is 497 g/mol. The van der Waals surface area contributed by atoms with Crippen LogP contribution in [0.3, 0.4) is 0 Å². The second kappa shape index (κ2) is 11.6. The Kier molecular flexibility index (Phi) is 8.78. The molecular formula is C26H32AsNO6. The van der Waals surface area contributed by atoms with Crippen molar-refractivity contribution < 1.29 is 29.0 Å². The van der Waals surface area contributed by atoms with Crippen LogP contribution >= 0.6 is 0 Å². The molecule has 0 saturated heterocycles. The third-order valence-electron chi connectivity index (χ3n) is 5.52. The number of fused-ring (bicyclic) bond motifs is 3. The van der Waals surface area contributed by atoms with Crippen molar-refractivity contribution in [3.63, 3.8) is 0 Å². The number of unbranched alkanes of at least 4 members (excludes halogenated alkanes) is 1. The summed E-state index contributed by atoms with van der Waals surface area (Å²) in [6.07, 6.45) is 0.846. The topological polar surface area (TPSA) is 102 Å². The Morgan fingerprint density at radius 2 is 1.59 bits per heavy atom. The van der Waals surface area contributed by atoms with Gasteiger partial charge < -0.3 is 0 Å². The average molecular weight is 529 g/mol. The minimum absolute atomic E-state index is 0.0845. The average Bonchev–Trinajstić information content (AvgIpc) is 3.09. The summed E-state index contributed by atoms with van der Waals surface area (Å²) in [5.74, 6) is -1.18. The summed E-state index contributed by atoms with van der Waals surface area (Å²) >= 11 is -0.885. The predicted octanol–water partition coefficient (Wildman–Crippen LogP) is 4.94. The van der Waals surface area contributed by atoms with Gasteiger partial charge in [0.25, 0.3) is 0 Å². The van der Waals surface area contributed by atoms with Crippen molar-refractivity contribution >= 4 is 32.6 Å². The number of hydrogen-bond donors (Lipinski definition) is 2. The monoisotopic (exact) mass is 529 g/mol. The third kappa shape index (κ3) is 7.10. The zero-order valence-electron chi connectivity index (χ0n) is 19.8. The summed E-state index contributed by atoms with van der Waals surface area (Å²) in [6.45, 7) is 5.64. The fourth-order valence-electron chi connectivity index (χ4n) is 4.02. The number of nitrogens with one attached hydrogen (secondary N) is 1. The summed E-state index contributed by atoms with van der Waals surface area (Å²) in [6, 6.07) is 15.0. The zero-order valence-corrected chi connectivity index (χ0v) is 21.9. The quantitative estimate of drug-likeness (QED) is 0.334. The second-order valence-electron chi connectivity index (χ2n) is 9.29. The first kappa shape index (κ1) is 25.8. The van der Waals surface area contributed by atoms with Crippen molar-refractivity contribution in [3.05, 3.63) is 59.7 Å². The molecule has 0 heterocycles. The van der Waals surface area contributed by atoms with Gasteiger partial charge in [-0.15, -0.1) is 0 Å². The number of carbonyl (C=O) groups excluding carboxylic acids is 2. The van der Waals surface area contributed by atoms with E-state index >= 15 is 0 Å². The number of ether oxygens (including phenoxy) is 2. The summed E-state index contributed by atoms with van der Waals surface area (Å²) in [5, 5.41) is 12.7. The summed E-state index contributed by atoms with van der Waals surface area (Å²) in [4.78, 5) is 35.8. The van der Waals surface area contributed by atoms with E-state index < -0.39 is 39.5 Å². The molecule has 182 valence electrons. The number of alkyl carbamates (subject to hydrolysis) is 1. The van der Waals surface area contributed by atoms with Crippen molar-refractivity contribution in [3.8, 4) is 11.1 Å². The summed E-state index contributed by atoms with van der Waals surface area (Å²) < 4.78 is 10.6. The van der Waals surface area contributed by atoms with Crippen LogP contribution in [0.4, 0.5) is 9.59 Å². The van der Waals surface area contributed by atoms with Crippen LogP contribution in [0.1, 0.15) is 57.1 Å². The van der Waals surface area contributed by atoms with Crippen molar-refractivity contribution in [2.45, 2.75) is 62.8 Å². The van der Waals surface area contributed by atoms with E-state index in [1.807, 2.05) is 57.2 Å². The van der Waals surface area contributed by atoms with Crippen LogP contribution in [-0.4, -0.2) is 55.9 Å². The maximum atomic E-state index is 12.4. The van der Waals surface area contributed by atoms with Gasteiger partial charge in [0, 0.05) is 0 Å². The predicted molar refractivity (Wildman–Crippen MR) is 132 cm³/mol. The van der Waals surface area contributed by atoms with Crippen LogP contribution in [0.25, 0.3) is 11.1 Å². The molecule has 0 bridgehead atoms. The Morgan fingerprint density at radius 1 is 1.00 bits per heavy atom. The van der Waals surface area contributed by atoms with Gasteiger partial charge in [-0.3, -0.25) is 0 Å². The number of amides is 1. The van der Waals surface area contributed by atoms with Crippen LogP contribution < -0.4 is 5.32 Å². The zero-order chi connectivity index (χ0) is 24.7. The van der Waals surface area contributed by atoms with Gasteiger partial charge in [0.1, 0.15) is 0 Å². The molecule has 0 radical (unpaired) electrons. The van der Waals surface area contributed by atoms with E-state index in [0.29, 0.717) is 6.42 Å². The fraction of sp³-hybridized carbons (Fsp3) is 0.423. The van der Waals surface area contributed by atoms with E-state index in [2.05, 4.69) is 17.4 Å². The van der Waals surface area contributed by atoms with Crippen molar-refractivity contribution in [1.29, 1.82) is 0 Å². The van der Waals surface area contributed by atoms with Gasteiger partial charge in [-0.05, 0) is 0 Å². The van der Waals surface area contributed by atoms with E-state index in [4.69, 9.17) is 9.47 Å². The molecule has 0 saturated carbocycles. The standard InChI is InChI=1S/C26H32AsNO6/c1-26(2,3)34-24(31)27-15-9-8-14-22(23(29)30)28-25(32)33-16-21-19-12-6-4-10-17(19)18-11-5-7-13-20(18)21/h4-7,10-13,21-22,27H,8-9,14-16H2,1-3H3,(H,28,32)(H,29,30)/t22-/m0/s1. The molecule has 1 amide bonds. The molecule has 7 nitrogen and oxygen atoms in total. The molecule has 2 N–H and O–H groups in total. The Hall–Kier alpha value is -2.79. The molecule has 1 aliphatic carbocycles. The molecule has 0 spiro atoms. The van der Waals surface area contributed by atoms with E-state index in [-0.39, 0.29) is 23.7 Å². The number of carboxylic acids is 1. The SMILES string of the molecule is CC(C)(C)OC(=O)[AsH]CCCC[C@H](NC(=O)OCC1c2ccccc2-c2ccccc21)C(=O)O. The maximum absolute atomic E-state index is 12.4. The van der Waals surface area contributed by atoms with Gasteiger partial charge in [0.2, 0.25) is 0 Å². The van der Waals surface area contributed by atoms with Crippen molar-refractivity contribution in [1.82, 2.24) is 5.32 Å². The van der Waals surface area contributed by atoms with Gasteiger partial charge in [-0.1, -0.05) is 36.4 Å². The third-order valence-corrected chi connectivity index (χ3v) is 7.61. The van der Waals surface area contributed by atoms with Gasteiger partial charge in [0.15, 0.2) is 0 Å². The van der Waals surface area contributed by atoms with E-state index in [1.165, 1.54) is 0 Å². The Bertz CT molecular complexity index is 986. The fourth-order valence-corrected chi connectivity index (χ4v) is 6.14. The number of rotatable bonds is 10. The summed E-state index contributed by atoms with van der Waals surface area (Å²) in [7, 11) is 0. The Balaban J connectivity index is 1.46. The number of aliphatic carboxylic acids is 1. The van der Waals surface area contributed by atoms with Crippen LogP contribution in [0, 0.1) is 0 Å². The van der Waals surface area contributed by atoms with E-state index in [1.54, 1.807) is 0 Å². The first-order chi connectivity index (χ1) is 16.2. The van der Waals surface area contributed by atoms with Crippen LogP contribution in [-0.2, 0) is 14.3 Å². The Morgan fingerprint density at radius 3 is 2.15 bits per heavy atom. The normalized spacial score (nSPS) is 13.9. The Labute approximate surface area is 206 Å². The van der Waals surface area contributed by atoms with Crippen LogP contribution in [0.5, 0.6) is 0 Å². The van der Waals surface area contributed by atoms with Gasteiger partial charge in [-0.2, -0.15) is 0 Å². The molecule has 0 aromatic heterocycles. The molecule has 2 aromatic carbocycles. The molecule has 3 rings (SSSR count). The van der Waals surface area contributed by atoms with E-state index in [9.17, 15) is 19.5 Å². The molecule has 2 aromatic rings. The molecule has 8 heteroatoms. The molecule has 1 unspecified atom stereocenters. The molecule has 2 atom stereocenters. The number of hydrogen-bond acceptors (Lipinski definition) is 5. The van der Waals surface area contributed by atoms with Gasteiger partial charge in [0.05, 0.1) is 0 Å². The first-order valence-electron chi connectivity index (χ1n) is 11.5. The van der Waals surface area contributed by atoms with Gasteiger partial charge in [-0.25, -0.2) is 0 Å². The van der Waals surface area contributed by atoms with Crippen LogP contribution in [0.2, 0.25) is 5.21 Å².